The van der Waals surface area contributed by atoms with Gasteiger partial charge in [0.05, 0.1) is 10.6 Å². The third-order valence-electron chi connectivity index (χ3n) is 3.31. The van der Waals surface area contributed by atoms with Crippen LogP contribution in [0.3, 0.4) is 0 Å². The maximum absolute atomic E-state index is 12.7. The Hall–Kier alpha value is -1.71. The van der Waals surface area contributed by atoms with Gasteiger partial charge in [-0.25, -0.2) is 8.42 Å². The highest BCUT2D eigenvalue weighted by molar-refractivity contribution is 7.89. The molecule has 21 heavy (non-hydrogen) atoms. The number of nitro groups is 1. The maximum atomic E-state index is 12.7. The number of hydrogen-bond acceptors (Lipinski definition) is 6. The first-order chi connectivity index (χ1) is 9.79. The van der Waals surface area contributed by atoms with Crippen LogP contribution in [0.5, 0.6) is 0 Å². The number of sulfonamides is 1. The quantitative estimate of drug-likeness (QED) is 0.449. The molecule has 0 heterocycles. The zero-order chi connectivity index (χ0) is 16.2. The van der Waals surface area contributed by atoms with E-state index >= 15 is 0 Å². The van der Waals surface area contributed by atoms with Gasteiger partial charge >= 0.3 is 0 Å². The number of nitrogens with two attached hydrogens (primary N) is 1. The summed E-state index contributed by atoms with van der Waals surface area (Å²) < 4.78 is 26.8. The molecular formula is C12H20N4O4S. The van der Waals surface area contributed by atoms with Gasteiger partial charge in [0.1, 0.15) is 4.90 Å². The number of non-ortho nitro benzene ring substituents is 1. The van der Waals surface area contributed by atoms with Crippen molar-refractivity contribution in [3.8, 4) is 0 Å². The summed E-state index contributed by atoms with van der Waals surface area (Å²) >= 11 is 0. The van der Waals surface area contributed by atoms with Gasteiger partial charge < -0.3 is 5.43 Å². The smallest absolute Gasteiger partial charge is 0.270 e. The van der Waals surface area contributed by atoms with E-state index in [0.717, 1.165) is 6.07 Å². The number of hydrazine groups is 1. The van der Waals surface area contributed by atoms with E-state index in [1.54, 1.807) is 13.8 Å². The fourth-order valence-electron chi connectivity index (χ4n) is 2.01. The molecule has 3 N–H and O–H groups in total. The second-order valence-corrected chi connectivity index (χ2v) is 6.41. The Morgan fingerprint density at radius 1 is 1.43 bits per heavy atom. The summed E-state index contributed by atoms with van der Waals surface area (Å²) in [5, 5.41) is 10.9. The van der Waals surface area contributed by atoms with Gasteiger partial charge in [-0.15, -0.1) is 0 Å². The fourth-order valence-corrected chi connectivity index (χ4v) is 3.90. The van der Waals surface area contributed by atoms with Gasteiger partial charge in [-0.1, -0.05) is 13.8 Å². The Morgan fingerprint density at radius 3 is 2.48 bits per heavy atom. The number of hydrogen-bond donors (Lipinski definition) is 2. The van der Waals surface area contributed by atoms with Crippen LogP contribution in [0.4, 0.5) is 11.4 Å². The van der Waals surface area contributed by atoms with Gasteiger partial charge in [-0.2, -0.15) is 4.31 Å². The number of anilines is 1. The van der Waals surface area contributed by atoms with Gasteiger partial charge in [0.15, 0.2) is 0 Å². The Morgan fingerprint density at radius 2 is 2.05 bits per heavy atom. The van der Waals surface area contributed by atoms with Crippen molar-refractivity contribution in [2.75, 3.05) is 12.0 Å². The number of nitrogens with zero attached hydrogens (tertiary/aromatic N) is 2. The van der Waals surface area contributed by atoms with Crippen molar-refractivity contribution in [3.05, 3.63) is 28.3 Å². The van der Waals surface area contributed by atoms with Gasteiger partial charge in [-0.05, 0) is 19.4 Å². The molecule has 0 radical (unpaired) electrons. The van der Waals surface area contributed by atoms with Crippen LogP contribution in [0.2, 0.25) is 0 Å². The molecule has 0 fully saturated rings. The van der Waals surface area contributed by atoms with E-state index in [9.17, 15) is 18.5 Å². The third-order valence-corrected chi connectivity index (χ3v) is 5.44. The largest absolute Gasteiger partial charge is 0.323 e. The molecule has 0 aromatic heterocycles. The lowest BCUT2D eigenvalue weighted by molar-refractivity contribution is -0.385. The summed E-state index contributed by atoms with van der Waals surface area (Å²) in [6.07, 6.45) is 0.632. The lowest BCUT2D eigenvalue weighted by atomic mass is 10.3. The van der Waals surface area contributed by atoms with Crippen molar-refractivity contribution in [1.29, 1.82) is 0 Å². The van der Waals surface area contributed by atoms with Crippen LogP contribution >= 0.6 is 0 Å². The van der Waals surface area contributed by atoms with Crippen molar-refractivity contribution in [1.82, 2.24) is 4.31 Å². The van der Waals surface area contributed by atoms with E-state index in [0.29, 0.717) is 6.42 Å². The molecular weight excluding hydrogens is 296 g/mol. The first-order valence-corrected chi connectivity index (χ1v) is 8.00. The summed E-state index contributed by atoms with van der Waals surface area (Å²) in [6.45, 7) is 5.65. The fraction of sp³-hybridized carbons (Fsp3) is 0.500. The lowest BCUT2D eigenvalue weighted by Crippen LogP contribution is -2.38. The molecule has 0 spiro atoms. The predicted molar refractivity (Wildman–Crippen MR) is 80.2 cm³/mol. The molecule has 0 amide bonds. The Labute approximate surface area is 124 Å². The molecule has 1 aromatic rings. The van der Waals surface area contributed by atoms with Crippen molar-refractivity contribution in [2.45, 2.75) is 38.1 Å². The van der Waals surface area contributed by atoms with Gasteiger partial charge in [0.2, 0.25) is 10.0 Å². The Kier molecular flexibility index (Phi) is 5.64. The highest BCUT2D eigenvalue weighted by Gasteiger charge is 2.30. The second kappa shape index (κ2) is 6.83. The minimum atomic E-state index is -3.87. The highest BCUT2D eigenvalue weighted by atomic mass is 32.2. The Balaban J connectivity index is 3.47. The van der Waals surface area contributed by atoms with E-state index in [1.807, 2.05) is 6.92 Å². The van der Waals surface area contributed by atoms with Gasteiger partial charge in [0, 0.05) is 24.7 Å². The summed E-state index contributed by atoms with van der Waals surface area (Å²) in [4.78, 5) is 10.0. The number of rotatable bonds is 7. The SMILES string of the molecule is CCC(C)N(CC)S(=O)(=O)c1cc([N+](=O)[O-])ccc1NN. The van der Waals surface area contributed by atoms with Crippen LogP contribution in [0.1, 0.15) is 27.2 Å². The second-order valence-electron chi connectivity index (χ2n) is 4.55. The van der Waals surface area contributed by atoms with Gasteiger partial charge in [-0.3, -0.25) is 16.0 Å². The molecule has 0 aliphatic carbocycles. The van der Waals surface area contributed by atoms with Crippen molar-refractivity contribution >= 4 is 21.4 Å². The topological polar surface area (TPSA) is 119 Å². The molecule has 1 rings (SSSR count). The van der Waals surface area contributed by atoms with Crippen LogP contribution < -0.4 is 11.3 Å². The molecule has 1 aromatic carbocycles. The number of nitro benzene ring substituents is 1. The van der Waals surface area contributed by atoms with Crippen LogP contribution in [-0.2, 0) is 10.0 Å². The molecule has 1 atom stereocenters. The molecule has 0 aliphatic heterocycles. The molecule has 0 bridgehead atoms. The van der Waals surface area contributed by atoms with Crippen LogP contribution in [0.15, 0.2) is 23.1 Å². The summed E-state index contributed by atoms with van der Waals surface area (Å²) in [6, 6.07) is 3.29. The average Bonchev–Trinajstić information content (AvgIpc) is 2.46. The number of nitrogens with one attached hydrogen (secondary N) is 1. The summed E-state index contributed by atoms with van der Waals surface area (Å²) in [5.74, 6) is 5.32. The normalized spacial score (nSPS) is 13.2. The van der Waals surface area contributed by atoms with E-state index in [1.165, 1.54) is 16.4 Å². The minimum Gasteiger partial charge on any atom is -0.323 e. The lowest BCUT2D eigenvalue weighted by Gasteiger charge is -2.27. The average molecular weight is 316 g/mol. The van der Waals surface area contributed by atoms with Crippen molar-refractivity contribution in [3.63, 3.8) is 0 Å². The summed E-state index contributed by atoms with van der Waals surface area (Å²) in [7, 11) is -3.87. The van der Waals surface area contributed by atoms with E-state index in [4.69, 9.17) is 5.84 Å². The van der Waals surface area contributed by atoms with Crippen LogP contribution in [-0.4, -0.2) is 30.2 Å². The first-order valence-electron chi connectivity index (χ1n) is 6.56. The third kappa shape index (κ3) is 3.49. The maximum Gasteiger partial charge on any atom is 0.270 e. The summed E-state index contributed by atoms with van der Waals surface area (Å²) in [5.41, 5.74) is 2.10. The highest BCUT2D eigenvalue weighted by Crippen LogP contribution is 2.29. The standard InChI is InChI=1S/C12H20N4O4S/c1-4-9(3)15(5-2)21(19,20)12-8-10(16(17)18)6-7-11(12)14-13/h6-9,14H,4-5,13H2,1-3H3. The minimum absolute atomic E-state index is 0.127. The van der Waals surface area contributed by atoms with E-state index in [-0.39, 0.29) is 28.9 Å². The molecule has 0 saturated carbocycles. The predicted octanol–water partition coefficient (Wildman–Crippen LogP) is 1.69. The number of benzene rings is 1. The molecule has 8 nitrogen and oxygen atoms in total. The van der Waals surface area contributed by atoms with E-state index in [2.05, 4.69) is 5.43 Å². The van der Waals surface area contributed by atoms with Crippen LogP contribution in [0.25, 0.3) is 0 Å². The number of nitrogen functional groups attached to an aromatic ring is 1. The molecule has 9 heteroatoms. The van der Waals surface area contributed by atoms with Gasteiger partial charge in [0.25, 0.3) is 5.69 Å². The molecule has 0 saturated heterocycles. The van der Waals surface area contributed by atoms with E-state index < -0.39 is 14.9 Å². The zero-order valence-electron chi connectivity index (χ0n) is 12.2. The van der Waals surface area contributed by atoms with Crippen molar-refractivity contribution < 1.29 is 13.3 Å². The Bertz CT molecular complexity index is 618. The first kappa shape index (κ1) is 17.3. The molecule has 1 unspecified atom stereocenters. The monoisotopic (exact) mass is 316 g/mol. The zero-order valence-corrected chi connectivity index (χ0v) is 13.1. The van der Waals surface area contributed by atoms with Crippen molar-refractivity contribution in [2.24, 2.45) is 5.84 Å². The molecule has 0 aliphatic rings. The van der Waals surface area contributed by atoms with Crippen LogP contribution in [0, 0.1) is 10.1 Å². The molecule has 118 valence electrons.